The molecule has 0 bridgehead atoms. The maximum Gasteiger partial charge on any atom is 0.252 e. The Kier molecular flexibility index (Phi) is 3.80. The van der Waals surface area contributed by atoms with Crippen LogP contribution in [0.25, 0.3) is 0 Å². The van der Waals surface area contributed by atoms with E-state index in [-0.39, 0.29) is 6.04 Å². The summed E-state index contributed by atoms with van der Waals surface area (Å²) in [5.41, 5.74) is 0.798. The van der Waals surface area contributed by atoms with Gasteiger partial charge in [-0.3, -0.25) is 0 Å². The molecule has 0 amide bonds. The number of hydrogen-bond donors (Lipinski definition) is 0. The molecule has 7 heteroatoms. The van der Waals surface area contributed by atoms with E-state index in [1.54, 1.807) is 20.0 Å². The van der Waals surface area contributed by atoms with E-state index in [2.05, 4.69) is 0 Å². The predicted molar refractivity (Wildman–Crippen MR) is 68.2 cm³/mol. The molecule has 1 fully saturated rings. The van der Waals surface area contributed by atoms with E-state index in [0.717, 1.165) is 23.3 Å². The molecule has 0 saturated carbocycles. The zero-order chi connectivity index (χ0) is 12.6. The van der Waals surface area contributed by atoms with Crippen LogP contribution in [-0.2, 0) is 14.8 Å². The summed E-state index contributed by atoms with van der Waals surface area (Å²) in [7, 11) is -1.84. The normalized spacial score (nSPS) is 21.3. The van der Waals surface area contributed by atoms with Crippen LogP contribution in [-0.4, -0.2) is 39.0 Å². The number of nitrogens with zero attached hydrogens (tertiary/aromatic N) is 1. The van der Waals surface area contributed by atoms with Gasteiger partial charge in [-0.15, -0.1) is 11.3 Å². The number of ether oxygens (including phenoxy) is 1. The first-order valence-corrected chi connectivity index (χ1v) is 7.88. The lowest BCUT2D eigenvalue weighted by atomic mass is 10.3. The maximum atomic E-state index is 12.3. The van der Waals surface area contributed by atoms with E-state index in [0.29, 0.717) is 21.8 Å². The summed E-state index contributed by atoms with van der Waals surface area (Å²) in [4.78, 5) is 0. The van der Waals surface area contributed by atoms with Gasteiger partial charge in [-0.25, -0.2) is 8.42 Å². The summed E-state index contributed by atoms with van der Waals surface area (Å²) in [6.45, 7) is 2.89. The highest BCUT2D eigenvalue weighted by molar-refractivity contribution is 7.91. The first-order chi connectivity index (χ1) is 7.93. The van der Waals surface area contributed by atoms with E-state index in [1.807, 2.05) is 0 Å². The van der Waals surface area contributed by atoms with E-state index in [1.165, 1.54) is 4.31 Å². The second-order valence-electron chi connectivity index (χ2n) is 4.06. The van der Waals surface area contributed by atoms with Crippen molar-refractivity contribution in [1.82, 2.24) is 4.31 Å². The van der Waals surface area contributed by atoms with Gasteiger partial charge in [-0.2, -0.15) is 4.31 Å². The molecule has 0 N–H and O–H groups in total. The molecule has 0 aliphatic carbocycles. The summed E-state index contributed by atoms with van der Waals surface area (Å²) in [6, 6.07) is 1.55. The van der Waals surface area contributed by atoms with Gasteiger partial charge in [0.25, 0.3) is 10.0 Å². The van der Waals surface area contributed by atoms with E-state index in [9.17, 15) is 8.42 Å². The average molecular weight is 296 g/mol. The fourth-order valence-corrected chi connectivity index (χ4v) is 4.97. The lowest BCUT2D eigenvalue weighted by Gasteiger charge is -2.21. The largest absolute Gasteiger partial charge is 0.380 e. The van der Waals surface area contributed by atoms with Crippen LogP contribution in [0.4, 0.5) is 0 Å². The van der Waals surface area contributed by atoms with Crippen LogP contribution in [0.1, 0.15) is 12.0 Å². The van der Waals surface area contributed by atoms with E-state index < -0.39 is 10.0 Å². The molecule has 4 nitrogen and oxygen atoms in total. The molecular weight excluding hydrogens is 282 g/mol. The molecule has 0 spiro atoms. The highest BCUT2D eigenvalue weighted by Crippen LogP contribution is 2.32. The minimum atomic E-state index is -3.44. The Labute approximate surface area is 110 Å². The number of likely N-dealkylation sites (N-methyl/N-ethyl adjacent to an activating group) is 1. The highest BCUT2D eigenvalue weighted by Gasteiger charge is 2.31. The zero-order valence-electron chi connectivity index (χ0n) is 9.64. The van der Waals surface area contributed by atoms with Crippen molar-refractivity contribution in [3.63, 3.8) is 0 Å². The van der Waals surface area contributed by atoms with Gasteiger partial charge in [-0.05, 0) is 25.0 Å². The molecule has 1 saturated heterocycles. The Hall–Kier alpha value is -0.140. The molecule has 2 rings (SSSR count). The maximum absolute atomic E-state index is 12.3. The van der Waals surface area contributed by atoms with Gasteiger partial charge in [0.15, 0.2) is 0 Å². The van der Waals surface area contributed by atoms with Gasteiger partial charge in [0, 0.05) is 13.7 Å². The standard InChI is InChI=1S/C10H14ClNO3S2/c1-7-5-9(16-10(7)11)17(13,14)12(2)8-3-4-15-6-8/h5,8H,3-4,6H2,1-2H3/t8-/m1/s1. The lowest BCUT2D eigenvalue weighted by molar-refractivity contribution is 0.181. The minimum Gasteiger partial charge on any atom is -0.380 e. The predicted octanol–water partition coefficient (Wildman–Crippen LogP) is 2.12. The van der Waals surface area contributed by atoms with Gasteiger partial charge < -0.3 is 4.74 Å². The van der Waals surface area contributed by atoms with Crippen molar-refractivity contribution in [2.24, 2.45) is 0 Å². The summed E-state index contributed by atoms with van der Waals surface area (Å²) >= 11 is 7.01. The zero-order valence-corrected chi connectivity index (χ0v) is 12.0. The molecule has 0 radical (unpaired) electrons. The number of hydrogen-bond acceptors (Lipinski definition) is 4. The Morgan fingerprint density at radius 3 is 2.76 bits per heavy atom. The summed E-state index contributed by atoms with van der Waals surface area (Å²) in [6.07, 6.45) is 0.744. The Bertz CT molecular complexity index is 486. The number of thiophene rings is 1. The second-order valence-corrected chi connectivity index (χ2v) is 7.94. The number of sulfonamides is 1. The SMILES string of the molecule is Cc1cc(S(=O)(=O)N(C)[C@@H]2CCOC2)sc1Cl. The number of halogens is 1. The second kappa shape index (κ2) is 4.85. The Balaban J connectivity index is 2.29. The van der Waals surface area contributed by atoms with Crippen molar-refractivity contribution in [2.45, 2.75) is 23.6 Å². The fraction of sp³-hybridized carbons (Fsp3) is 0.600. The number of rotatable bonds is 3. The van der Waals surface area contributed by atoms with Crippen LogP contribution in [0.5, 0.6) is 0 Å². The molecule has 0 aromatic carbocycles. The third kappa shape index (κ3) is 2.51. The molecular formula is C10H14ClNO3S2. The van der Waals surface area contributed by atoms with Gasteiger partial charge in [-0.1, -0.05) is 11.6 Å². The topological polar surface area (TPSA) is 46.6 Å². The lowest BCUT2D eigenvalue weighted by Crippen LogP contribution is -2.36. The third-order valence-corrected chi connectivity index (χ3v) is 6.80. The molecule has 1 aromatic rings. The first kappa shape index (κ1) is 13.3. The summed E-state index contributed by atoms with van der Waals surface area (Å²) in [5.74, 6) is 0. The van der Waals surface area contributed by atoms with Gasteiger partial charge in [0.2, 0.25) is 0 Å². The summed E-state index contributed by atoms with van der Waals surface area (Å²) in [5, 5.41) is 0. The Morgan fingerprint density at radius 1 is 1.59 bits per heavy atom. The van der Waals surface area contributed by atoms with Crippen molar-refractivity contribution in [1.29, 1.82) is 0 Å². The molecule has 0 unspecified atom stereocenters. The van der Waals surface area contributed by atoms with Crippen LogP contribution in [0.2, 0.25) is 4.34 Å². The fourth-order valence-electron chi connectivity index (χ4n) is 1.71. The smallest absolute Gasteiger partial charge is 0.252 e. The monoisotopic (exact) mass is 295 g/mol. The number of aryl methyl sites for hydroxylation is 1. The Morgan fingerprint density at radius 2 is 2.29 bits per heavy atom. The van der Waals surface area contributed by atoms with E-state index in [4.69, 9.17) is 16.3 Å². The quantitative estimate of drug-likeness (QED) is 0.858. The van der Waals surface area contributed by atoms with Crippen molar-refractivity contribution in [2.75, 3.05) is 20.3 Å². The van der Waals surface area contributed by atoms with Gasteiger partial charge in [0.05, 0.1) is 17.0 Å². The van der Waals surface area contributed by atoms with Crippen LogP contribution < -0.4 is 0 Å². The van der Waals surface area contributed by atoms with Gasteiger partial charge in [0.1, 0.15) is 4.21 Å². The molecule has 1 atom stereocenters. The minimum absolute atomic E-state index is 0.0684. The molecule has 2 heterocycles. The first-order valence-electron chi connectivity index (χ1n) is 5.24. The molecule has 96 valence electrons. The van der Waals surface area contributed by atoms with Crippen molar-refractivity contribution in [3.8, 4) is 0 Å². The molecule has 17 heavy (non-hydrogen) atoms. The molecule has 1 aliphatic rings. The van der Waals surface area contributed by atoms with Crippen LogP contribution >= 0.6 is 22.9 Å². The third-order valence-electron chi connectivity index (χ3n) is 2.89. The van der Waals surface area contributed by atoms with Crippen LogP contribution in [0.15, 0.2) is 10.3 Å². The van der Waals surface area contributed by atoms with Crippen LogP contribution in [0.3, 0.4) is 0 Å². The van der Waals surface area contributed by atoms with Crippen LogP contribution in [0, 0.1) is 6.92 Å². The average Bonchev–Trinajstić information content (AvgIpc) is 2.88. The van der Waals surface area contributed by atoms with Crippen molar-refractivity contribution in [3.05, 3.63) is 16.0 Å². The summed E-state index contributed by atoms with van der Waals surface area (Å²) < 4.78 is 32.0. The van der Waals surface area contributed by atoms with E-state index >= 15 is 0 Å². The highest BCUT2D eigenvalue weighted by atomic mass is 35.5. The van der Waals surface area contributed by atoms with Crippen molar-refractivity contribution < 1.29 is 13.2 Å². The molecule has 1 aromatic heterocycles. The van der Waals surface area contributed by atoms with Crippen molar-refractivity contribution >= 4 is 33.0 Å². The van der Waals surface area contributed by atoms with Gasteiger partial charge >= 0.3 is 0 Å². The molecule has 1 aliphatic heterocycles.